The van der Waals surface area contributed by atoms with E-state index in [1.54, 1.807) is 11.6 Å². The number of halogens is 2. The van der Waals surface area contributed by atoms with Gasteiger partial charge in [0.1, 0.15) is 5.82 Å². The first-order valence-corrected chi connectivity index (χ1v) is 7.80. The number of rotatable bonds is 7. The van der Waals surface area contributed by atoms with Crippen molar-refractivity contribution in [2.24, 2.45) is 0 Å². The molecule has 1 amide bonds. The largest absolute Gasteiger partial charge is 0.478 e. The summed E-state index contributed by atoms with van der Waals surface area (Å²) in [6.45, 7) is 1.98. The van der Waals surface area contributed by atoms with Crippen LogP contribution in [0.25, 0.3) is 0 Å². The van der Waals surface area contributed by atoms with Crippen LogP contribution in [0.5, 0.6) is 5.75 Å². The maximum absolute atomic E-state index is 13.7. The molecule has 0 saturated carbocycles. The highest BCUT2D eigenvalue weighted by molar-refractivity contribution is 7.13. The lowest BCUT2D eigenvalue weighted by atomic mass is 10.1. The van der Waals surface area contributed by atoms with Crippen molar-refractivity contribution in [2.45, 2.75) is 32.3 Å². The molecule has 22 heavy (non-hydrogen) atoms. The second kappa shape index (κ2) is 7.84. The van der Waals surface area contributed by atoms with Crippen molar-refractivity contribution in [3.05, 3.63) is 41.4 Å². The number of thiazole rings is 1. The fourth-order valence-corrected chi connectivity index (χ4v) is 2.36. The predicted octanol–water partition coefficient (Wildman–Crippen LogP) is 4.00. The minimum Gasteiger partial charge on any atom is -0.478 e. The molecule has 0 aliphatic carbocycles. The molecule has 0 aliphatic heterocycles. The maximum Gasteiger partial charge on any atom is 0.267 e. The summed E-state index contributed by atoms with van der Waals surface area (Å²) in [6, 6.07) is 3.00. The fourth-order valence-electron chi connectivity index (χ4n) is 1.83. The standard InChI is InChI=1S/C15H16F2N2O2S/c1-2-3-4-13(14(20)19-15-18-7-8-22-15)21-12-6-5-10(16)9-11(12)17/h5-9,13H,2-4H2,1H3,(H,18,19,20). The highest BCUT2D eigenvalue weighted by Crippen LogP contribution is 2.21. The first-order valence-electron chi connectivity index (χ1n) is 6.92. The monoisotopic (exact) mass is 326 g/mol. The van der Waals surface area contributed by atoms with E-state index < -0.39 is 23.6 Å². The lowest BCUT2D eigenvalue weighted by Gasteiger charge is -2.18. The quantitative estimate of drug-likeness (QED) is 0.837. The zero-order chi connectivity index (χ0) is 15.9. The van der Waals surface area contributed by atoms with Gasteiger partial charge in [-0.2, -0.15) is 0 Å². The third-order valence-corrected chi connectivity index (χ3v) is 3.63. The minimum atomic E-state index is -0.858. The summed E-state index contributed by atoms with van der Waals surface area (Å²) in [5.74, 6) is -2.06. The van der Waals surface area contributed by atoms with E-state index in [2.05, 4.69) is 10.3 Å². The topological polar surface area (TPSA) is 51.2 Å². The molecule has 0 bridgehead atoms. The molecule has 0 saturated heterocycles. The van der Waals surface area contributed by atoms with Crippen LogP contribution in [0, 0.1) is 11.6 Å². The molecule has 1 atom stereocenters. The molecular formula is C15H16F2N2O2S. The highest BCUT2D eigenvalue weighted by atomic mass is 32.1. The molecule has 1 aromatic carbocycles. The fraction of sp³-hybridized carbons (Fsp3) is 0.333. The molecule has 4 nitrogen and oxygen atoms in total. The number of nitrogens with one attached hydrogen (secondary N) is 1. The first-order chi connectivity index (χ1) is 10.6. The number of unbranched alkanes of at least 4 members (excludes halogenated alkanes) is 1. The Kier molecular flexibility index (Phi) is 5.83. The summed E-state index contributed by atoms with van der Waals surface area (Å²) in [5, 5.41) is 4.82. The number of hydrogen-bond donors (Lipinski definition) is 1. The van der Waals surface area contributed by atoms with Crippen LogP contribution in [0.1, 0.15) is 26.2 Å². The molecule has 1 heterocycles. The Balaban J connectivity index is 2.09. The van der Waals surface area contributed by atoms with Crippen LogP contribution in [0.15, 0.2) is 29.8 Å². The number of hydrogen-bond acceptors (Lipinski definition) is 4. The van der Waals surface area contributed by atoms with Gasteiger partial charge in [0.15, 0.2) is 22.8 Å². The SMILES string of the molecule is CCCCC(Oc1ccc(F)cc1F)C(=O)Nc1nccs1. The van der Waals surface area contributed by atoms with Gasteiger partial charge in [0.25, 0.3) is 5.91 Å². The zero-order valence-corrected chi connectivity index (χ0v) is 12.8. The van der Waals surface area contributed by atoms with Gasteiger partial charge in [-0.1, -0.05) is 13.3 Å². The van der Waals surface area contributed by atoms with E-state index >= 15 is 0 Å². The molecule has 1 N–H and O–H groups in total. The van der Waals surface area contributed by atoms with Gasteiger partial charge >= 0.3 is 0 Å². The summed E-state index contributed by atoms with van der Waals surface area (Å²) < 4.78 is 32.0. The molecule has 2 rings (SSSR count). The maximum atomic E-state index is 13.7. The number of benzene rings is 1. The van der Waals surface area contributed by atoms with Crippen molar-refractivity contribution in [1.82, 2.24) is 4.98 Å². The van der Waals surface area contributed by atoms with Crippen molar-refractivity contribution in [3.8, 4) is 5.75 Å². The van der Waals surface area contributed by atoms with E-state index in [9.17, 15) is 13.6 Å². The molecule has 7 heteroatoms. The number of aromatic nitrogens is 1. The van der Waals surface area contributed by atoms with Crippen molar-refractivity contribution >= 4 is 22.4 Å². The Bertz CT molecular complexity index is 620. The van der Waals surface area contributed by atoms with Gasteiger partial charge in [0, 0.05) is 17.6 Å². The van der Waals surface area contributed by atoms with Crippen LogP contribution < -0.4 is 10.1 Å². The van der Waals surface area contributed by atoms with E-state index in [0.717, 1.165) is 25.0 Å². The Morgan fingerprint density at radius 3 is 2.91 bits per heavy atom. The number of amides is 1. The lowest BCUT2D eigenvalue weighted by Crippen LogP contribution is -2.33. The number of ether oxygens (including phenoxy) is 1. The number of anilines is 1. The molecule has 118 valence electrons. The van der Waals surface area contributed by atoms with E-state index in [-0.39, 0.29) is 5.75 Å². The van der Waals surface area contributed by atoms with Crippen LogP contribution in [-0.4, -0.2) is 17.0 Å². The summed E-state index contributed by atoms with van der Waals surface area (Å²) in [6.07, 6.45) is 2.77. The third kappa shape index (κ3) is 4.49. The molecular weight excluding hydrogens is 310 g/mol. The van der Waals surface area contributed by atoms with E-state index in [0.29, 0.717) is 11.6 Å². The number of carbonyl (C=O) groups is 1. The van der Waals surface area contributed by atoms with Gasteiger partial charge < -0.3 is 4.74 Å². The van der Waals surface area contributed by atoms with Crippen LogP contribution in [0.2, 0.25) is 0 Å². The second-order valence-electron chi connectivity index (χ2n) is 4.65. The summed E-state index contributed by atoms with van der Waals surface area (Å²) in [7, 11) is 0. The van der Waals surface area contributed by atoms with Gasteiger partial charge in [-0.15, -0.1) is 11.3 Å². The summed E-state index contributed by atoms with van der Waals surface area (Å²) >= 11 is 1.28. The molecule has 0 fully saturated rings. The van der Waals surface area contributed by atoms with Crippen molar-refractivity contribution < 1.29 is 18.3 Å². The third-order valence-electron chi connectivity index (χ3n) is 2.94. The zero-order valence-electron chi connectivity index (χ0n) is 12.0. The molecule has 0 spiro atoms. The average molecular weight is 326 g/mol. The Hall–Kier alpha value is -2.02. The smallest absolute Gasteiger partial charge is 0.267 e. The van der Waals surface area contributed by atoms with Crippen molar-refractivity contribution in [2.75, 3.05) is 5.32 Å². The number of carbonyl (C=O) groups excluding carboxylic acids is 1. The molecule has 0 radical (unpaired) electrons. The predicted molar refractivity (Wildman–Crippen MR) is 81.0 cm³/mol. The van der Waals surface area contributed by atoms with Crippen LogP contribution in [0.4, 0.5) is 13.9 Å². The molecule has 1 unspecified atom stereocenters. The molecule has 0 aliphatic rings. The second-order valence-corrected chi connectivity index (χ2v) is 5.54. The first kappa shape index (κ1) is 16.4. The average Bonchev–Trinajstić information content (AvgIpc) is 2.98. The summed E-state index contributed by atoms with van der Waals surface area (Å²) in [5.41, 5.74) is 0. The lowest BCUT2D eigenvalue weighted by molar-refractivity contribution is -0.123. The van der Waals surface area contributed by atoms with E-state index in [1.807, 2.05) is 6.92 Å². The van der Waals surface area contributed by atoms with Crippen LogP contribution in [-0.2, 0) is 4.79 Å². The van der Waals surface area contributed by atoms with Gasteiger partial charge in [0.2, 0.25) is 0 Å². The van der Waals surface area contributed by atoms with E-state index in [4.69, 9.17) is 4.74 Å². The van der Waals surface area contributed by atoms with Gasteiger partial charge in [-0.05, 0) is 25.0 Å². The van der Waals surface area contributed by atoms with E-state index in [1.165, 1.54) is 17.4 Å². The van der Waals surface area contributed by atoms with Gasteiger partial charge in [0.05, 0.1) is 0 Å². The summed E-state index contributed by atoms with van der Waals surface area (Å²) in [4.78, 5) is 16.2. The Morgan fingerprint density at radius 2 is 2.27 bits per heavy atom. The number of nitrogens with zero attached hydrogens (tertiary/aromatic N) is 1. The molecule has 1 aromatic heterocycles. The molecule has 2 aromatic rings. The van der Waals surface area contributed by atoms with Gasteiger partial charge in [-0.25, -0.2) is 13.8 Å². The Labute approximate surface area is 131 Å². The van der Waals surface area contributed by atoms with Crippen molar-refractivity contribution in [3.63, 3.8) is 0 Å². The Morgan fingerprint density at radius 1 is 1.45 bits per heavy atom. The van der Waals surface area contributed by atoms with Crippen LogP contribution in [0.3, 0.4) is 0 Å². The van der Waals surface area contributed by atoms with Gasteiger partial charge in [-0.3, -0.25) is 10.1 Å². The van der Waals surface area contributed by atoms with Crippen molar-refractivity contribution in [1.29, 1.82) is 0 Å². The van der Waals surface area contributed by atoms with Crippen LogP contribution >= 0.6 is 11.3 Å². The normalized spacial score (nSPS) is 12.0. The highest BCUT2D eigenvalue weighted by Gasteiger charge is 2.22. The minimum absolute atomic E-state index is 0.142.